The first-order valence-corrected chi connectivity index (χ1v) is 4.76. The molecular formula is C11H9NO2. The minimum absolute atomic E-state index is 0.373. The fourth-order valence-corrected chi connectivity index (χ4v) is 1.95. The molecule has 1 amide bonds. The van der Waals surface area contributed by atoms with Gasteiger partial charge in [-0.3, -0.25) is 9.59 Å². The number of anilines is 1. The van der Waals surface area contributed by atoms with Crippen molar-refractivity contribution in [3.63, 3.8) is 0 Å². The summed E-state index contributed by atoms with van der Waals surface area (Å²) in [5.74, 6) is -0.364. The molecule has 0 saturated heterocycles. The summed E-state index contributed by atoms with van der Waals surface area (Å²) in [6.45, 7) is 0. The van der Waals surface area contributed by atoms with E-state index in [0.717, 1.165) is 18.4 Å². The van der Waals surface area contributed by atoms with Gasteiger partial charge in [-0.2, -0.15) is 0 Å². The number of benzene rings is 1. The molecule has 1 N–H and O–H groups in total. The van der Waals surface area contributed by atoms with Crippen molar-refractivity contribution in [1.82, 2.24) is 0 Å². The second kappa shape index (κ2) is 2.44. The van der Waals surface area contributed by atoms with Gasteiger partial charge in [0.1, 0.15) is 0 Å². The zero-order chi connectivity index (χ0) is 9.71. The molecule has 0 spiro atoms. The smallest absolute Gasteiger partial charge is 0.296 e. The second-order valence-corrected chi connectivity index (χ2v) is 3.83. The van der Waals surface area contributed by atoms with Gasteiger partial charge >= 0.3 is 0 Å². The van der Waals surface area contributed by atoms with Crippen LogP contribution in [-0.4, -0.2) is 11.7 Å². The van der Waals surface area contributed by atoms with E-state index < -0.39 is 5.91 Å². The van der Waals surface area contributed by atoms with E-state index in [4.69, 9.17) is 0 Å². The Bertz CT molecular complexity index is 447. The molecule has 1 fully saturated rings. The van der Waals surface area contributed by atoms with Crippen LogP contribution in [0.15, 0.2) is 18.2 Å². The predicted molar refractivity (Wildman–Crippen MR) is 51.4 cm³/mol. The summed E-state index contributed by atoms with van der Waals surface area (Å²) in [7, 11) is 0. The Morgan fingerprint density at radius 3 is 2.71 bits per heavy atom. The van der Waals surface area contributed by atoms with Gasteiger partial charge in [0.15, 0.2) is 0 Å². The molecule has 1 aliphatic carbocycles. The van der Waals surface area contributed by atoms with Crippen molar-refractivity contribution >= 4 is 17.4 Å². The molecule has 1 heterocycles. The molecule has 0 aromatic heterocycles. The molecule has 1 aromatic carbocycles. The molecule has 0 radical (unpaired) electrons. The van der Waals surface area contributed by atoms with Crippen LogP contribution in [0.25, 0.3) is 0 Å². The van der Waals surface area contributed by atoms with E-state index in [1.807, 2.05) is 12.1 Å². The highest BCUT2D eigenvalue weighted by Crippen LogP contribution is 2.44. The normalized spacial score (nSPS) is 19.4. The number of Topliss-reactive ketones (excluding diaryl/α,β-unsaturated/α-hetero) is 1. The summed E-state index contributed by atoms with van der Waals surface area (Å²) < 4.78 is 0. The van der Waals surface area contributed by atoms with Crippen LogP contribution in [0.5, 0.6) is 0 Å². The van der Waals surface area contributed by atoms with Crippen molar-refractivity contribution in [3.8, 4) is 0 Å². The van der Waals surface area contributed by atoms with Crippen molar-refractivity contribution in [2.24, 2.45) is 0 Å². The maximum Gasteiger partial charge on any atom is 0.296 e. The van der Waals surface area contributed by atoms with E-state index in [1.54, 1.807) is 6.07 Å². The number of nitrogens with one attached hydrogen (secondary N) is 1. The number of amides is 1. The molecule has 2 aliphatic rings. The van der Waals surface area contributed by atoms with Crippen LogP contribution in [0.3, 0.4) is 0 Å². The van der Waals surface area contributed by atoms with E-state index in [9.17, 15) is 9.59 Å². The Kier molecular flexibility index (Phi) is 1.35. The zero-order valence-electron chi connectivity index (χ0n) is 7.54. The van der Waals surface area contributed by atoms with E-state index >= 15 is 0 Å². The quantitative estimate of drug-likeness (QED) is 0.680. The molecule has 1 saturated carbocycles. The fourth-order valence-electron chi connectivity index (χ4n) is 1.95. The minimum Gasteiger partial charge on any atom is -0.318 e. The lowest BCUT2D eigenvalue weighted by Gasteiger charge is -2.03. The lowest BCUT2D eigenvalue weighted by molar-refractivity contribution is -0.112. The van der Waals surface area contributed by atoms with Gasteiger partial charge < -0.3 is 5.32 Å². The topological polar surface area (TPSA) is 46.2 Å². The fraction of sp³-hybridized carbons (Fsp3) is 0.273. The lowest BCUT2D eigenvalue weighted by atomic mass is 10.0. The van der Waals surface area contributed by atoms with Crippen molar-refractivity contribution in [2.75, 3.05) is 5.32 Å². The zero-order valence-corrected chi connectivity index (χ0v) is 7.54. The van der Waals surface area contributed by atoms with Gasteiger partial charge in [-0.05, 0) is 30.4 Å². The number of fused-ring (bicyclic) bond motifs is 1. The predicted octanol–water partition coefficient (Wildman–Crippen LogP) is 1.70. The minimum atomic E-state index is -0.492. The summed E-state index contributed by atoms with van der Waals surface area (Å²) in [5.41, 5.74) is 2.34. The third-order valence-electron chi connectivity index (χ3n) is 2.80. The van der Waals surface area contributed by atoms with E-state index in [2.05, 4.69) is 5.32 Å². The maximum atomic E-state index is 11.5. The largest absolute Gasteiger partial charge is 0.318 e. The van der Waals surface area contributed by atoms with Crippen molar-refractivity contribution < 1.29 is 9.59 Å². The summed E-state index contributed by atoms with van der Waals surface area (Å²) in [6.07, 6.45) is 2.27. The van der Waals surface area contributed by atoms with Gasteiger partial charge in [-0.15, -0.1) is 0 Å². The van der Waals surface area contributed by atoms with Gasteiger partial charge in [0.05, 0.1) is 11.3 Å². The average Bonchev–Trinajstić information content (AvgIpc) is 2.96. The summed E-state index contributed by atoms with van der Waals surface area (Å²) in [4.78, 5) is 22.7. The van der Waals surface area contributed by atoms with Gasteiger partial charge in [-0.25, -0.2) is 0 Å². The SMILES string of the molecule is O=C1Nc2cccc(C3CC3)c2C1=O. The van der Waals surface area contributed by atoms with Crippen LogP contribution in [0.1, 0.15) is 34.7 Å². The van der Waals surface area contributed by atoms with Crippen LogP contribution < -0.4 is 5.32 Å². The van der Waals surface area contributed by atoms with Gasteiger partial charge in [0.2, 0.25) is 0 Å². The number of carbonyl (C=O) groups is 2. The van der Waals surface area contributed by atoms with Crippen LogP contribution in [-0.2, 0) is 4.79 Å². The Hall–Kier alpha value is -1.64. The van der Waals surface area contributed by atoms with Crippen LogP contribution in [0.4, 0.5) is 5.69 Å². The highest BCUT2D eigenvalue weighted by atomic mass is 16.2. The summed E-state index contributed by atoms with van der Waals surface area (Å²) in [5, 5.41) is 2.58. The van der Waals surface area contributed by atoms with Gasteiger partial charge in [0, 0.05) is 0 Å². The lowest BCUT2D eigenvalue weighted by Crippen LogP contribution is -2.13. The number of hydrogen-bond acceptors (Lipinski definition) is 2. The molecule has 14 heavy (non-hydrogen) atoms. The Morgan fingerprint density at radius 1 is 1.21 bits per heavy atom. The molecule has 0 bridgehead atoms. The average molecular weight is 187 g/mol. The Balaban J connectivity index is 2.21. The highest BCUT2D eigenvalue weighted by molar-refractivity contribution is 6.52. The maximum absolute atomic E-state index is 11.5. The third-order valence-corrected chi connectivity index (χ3v) is 2.80. The Labute approximate surface area is 81.1 Å². The Morgan fingerprint density at radius 2 is 2.00 bits per heavy atom. The van der Waals surface area contributed by atoms with Crippen LogP contribution in [0, 0.1) is 0 Å². The molecule has 0 atom stereocenters. The molecule has 1 aromatic rings. The number of hydrogen-bond donors (Lipinski definition) is 1. The van der Waals surface area contributed by atoms with Gasteiger partial charge in [-0.1, -0.05) is 12.1 Å². The molecular weight excluding hydrogens is 178 g/mol. The third kappa shape index (κ3) is 0.923. The van der Waals surface area contributed by atoms with E-state index in [1.165, 1.54) is 0 Å². The summed E-state index contributed by atoms with van der Waals surface area (Å²) >= 11 is 0. The standard InChI is InChI=1S/C11H9NO2/c13-10-9-7(6-4-5-6)2-1-3-8(9)12-11(10)14/h1-3,6H,4-5H2,(H,12,13,14). The number of carbonyl (C=O) groups excluding carboxylic acids is 2. The molecule has 3 heteroatoms. The first-order chi connectivity index (χ1) is 6.77. The molecule has 3 rings (SSSR count). The highest BCUT2D eigenvalue weighted by Gasteiger charge is 2.35. The molecule has 3 nitrogen and oxygen atoms in total. The van der Waals surface area contributed by atoms with E-state index in [-0.39, 0.29) is 5.78 Å². The first kappa shape index (κ1) is 7.74. The van der Waals surface area contributed by atoms with Crippen molar-refractivity contribution in [3.05, 3.63) is 29.3 Å². The monoisotopic (exact) mass is 187 g/mol. The van der Waals surface area contributed by atoms with Crippen LogP contribution in [0.2, 0.25) is 0 Å². The van der Waals surface area contributed by atoms with Crippen LogP contribution >= 0.6 is 0 Å². The van der Waals surface area contributed by atoms with Crippen molar-refractivity contribution in [1.29, 1.82) is 0 Å². The summed E-state index contributed by atoms with van der Waals surface area (Å²) in [6, 6.07) is 5.63. The second-order valence-electron chi connectivity index (χ2n) is 3.83. The molecule has 70 valence electrons. The number of ketones is 1. The first-order valence-electron chi connectivity index (χ1n) is 4.76. The van der Waals surface area contributed by atoms with Gasteiger partial charge in [0.25, 0.3) is 11.7 Å². The van der Waals surface area contributed by atoms with E-state index in [0.29, 0.717) is 17.2 Å². The molecule has 1 aliphatic heterocycles. The number of rotatable bonds is 1. The molecule has 0 unspecified atom stereocenters. The van der Waals surface area contributed by atoms with Crippen molar-refractivity contribution in [2.45, 2.75) is 18.8 Å².